The van der Waals surface area contributed by atoms with Gasteiger partial charge in [-0.05, 0) is 27.7 Å². The van der Waals surface area contributed by atoms with E-state index in [0.717, 1.165) is 29.7 Å². The first-order chi connectivity index (χ1) is 11.5. The number of hydrogen-bond donors (Lipinski definition) is 1. The second-order valence-electron chi connectivity index (χ2n) is 6.30. The normalized spacial score (nSPS) is 15.2. The van der Waals surface area contributed by atoms with E-state index in [1.165, 1.54) is 4.88 Å². The average Bonchev–Trinajstić information content (AvgIpc) is 3.15. The first-order valence-electron chi connectivity index (χ1n) is 8.24. The topological polar surface area (TPSA) is 66.3 Å². The SMILES string of the molecule is Cc1nc(N2CCN(C(=O)Nc3ccnn3C(C)C)CC2)sc1C. The molecule has 1 fully saturated rings. The average molecular weight is 348 g/mol. The van der Waals surface area contributed by atoms with Gasteiger partial charge < -0.3 is 9.80 Å². The highest BCUT2D eigenvalue weighted by Gasteiger charge is 2.24. The molecule has 0 radical (unpaired) electrons. The van der Waals surface area contributed by atoms with Crippen molar-refractivity contribution in [2.24, 2.45) is 0 Å². The van der Waals surface area contributed by atoms with E-state index in [4.69, 9.17) is 0 Å². The third kappa shape index (κ3) is 3.38. The molecule has 130 valence electrons. The molecule has 0 saturated carbocycles. The lowest BCUT2D eigenvalue weighted by molar-refractivity contribution is 0.208. The van der Waals surface area contributed by atoms with E-state index in [1.807, 2.05) is 36.4 Å². The molecule has 0 bridgehead atoms. The Morgan fingerprint density at radius 1 is 1.25 bits per heavy atom. The van der Waals surface area contributed by atoms with Crippen molar-refractivity contribution in [3.05, 3.63) is 22.8 Å². The van der Waals surface area contributed by atoms with Gasteiger partial charge in [0.25, 0.3) is 0 Å². The Hall–Kier alpha value is -2.09. The molecule has 0 spiro atoms. The quantitative estimate of drug-likeness (QED) is 0.926. The Morgan fingerprint density at radius 2 is 1.96 bits per heavy atom. The zero-order valence-electron chi connectivity index (χ0n) is 14.6. The van der Waals surface area contributed by atoms with Gasteiger partial charge in [0.2, 0.25) is 0 Å². The van der Waals surface area contributed by atoms with Gasteiger partial charge in [0.05, 0.1) is 11.9 Å². The third-order valence-electron chi connectivity index (χ3n) is 4.25. The summed E-state index contributed by atoms with van der Waals surface area (Å²) < 4.78 is 1.81. The number of carbonyl (C=O) groups excluding carboxylic acids is 1. The summed E-state index contributed by atoms with van der Waals surface area (Å²) in [5.41, 5.74) is 1.09. The molecule has 1 saturated heterocycles. The zero-order valence-corrected chi connectivity index (χ0v) is 15.4. The molecular formula is C16H24N6OS. The molecule has 7 nitrogen and oxygen atoms in total. The van der Waals surface area contributed by atoms with E-state index in [2.05, 4.69) is 27.2 Å². The number of nitrogens with zero attached hydrogens (tertiary/aromatic N) is 5. The molecule has 2 aromatic heterocycles. The van der Waals surface area contributed by atoms with E-state index < -0.39 is 0 Å². The molecule has 0 atom stereocenters. The summed E-state index contributed by atoms with van der Waals surface area (Å²) in [5.74, 6) is 0.739. The fraction of sp³-hybridized carbons (Fsp3) is 0.562. The van der Waals surface area contributed by atoms with Crippen molar-refractivity contribution in [3.8, 4) is 0 Å². The number of urea groups is 1. The van der Waals surface area contributed by atoms with E-state index in [0.29, 0.717) is 13.1 Å². The van der Waals surface area contributed by atoms with Crippen LogP contribution in [0.1, 0.15) is 30.5 Å². The number of rotatable bonds is 3. The molecule has 8 heteroatoms. The fourth-order valence-electron chi connectivity index (χ4n) is 2.71. The summed E-state index contributed by atoms with van der Waals surface area (Å²) in [6.07, 6.45) is 1.71. The summed E-state index contributed by atoms with van der Waals surface area (Å²) in [4.78, 5) is 22.5. The molecule has 0 aromatic carbocycles. The molecule has 1 N–H and O–H groups in total. The summed E-state index contributed by atoms with van der Waals surface area (Å²) in [6.45, 7) is 11.2. The van der Waals surface area contributed by atoms with Gasteiger partial charge in [0.15, 0.2) is 5.13 Å². The van der Waals surface area contributed by atoms with Gasteiger partial charge in [-0.15, -0.1) is 11.3 Å². The number of hydrogen-bond acceptors (Lipinski definition) is 5. The second kappa shape index (κ2) is 6.80. The van der Waals surface area contributed by atoms with Crippen LogP contribution in [-0.2, 0) is 0 Å². The second-order valence-corrected chi connectivity index (χ2v) is 7.48. The summed E-state index contributed by atoms with van der Waals surface area (Å²) >= 11 is 1.72. The molecule has 2 aromatic rings. The van der Waals surface area contributed by atoms with Crippen LogP contribution in [0.15, 0.2) is 12.3 Å². The van der Waals surface area contributed by atoms with Gasteiger partial charge in [0.1, 0.15) is 5.82 Å². The number of anilines is 2. The smallest absolute Gasteiger partial charge is 0.323 e. The lowest BCUT2D eigenvalue weighted by Gasteiger charge is -2.34. The van der Waals surface area contributed by atoms with Crippen LogP contribution < -0.4 is 10.2 Å². The maximum atomic E-state index is 12.5. The monoisotopic (exact) mass is 348 g/mol. The molecule has 3 heterocycles. The van der Waals surface area contributed by atoms with Crippen LogP contribution in [0, 0.1) is 13.8 Å². The van der Waals surface area contributed by atoms with Gasteiger partial charge in [-0.25, -0.2) is 14.5 Å². The lowest BCUT2D eigenvalue weighted by atomic mass is 10.3. The predicted molar refractivity (Wildman–Crippen MR) is 97.0 cm³/mol. The summed E-state index contributed by atoms with van der Waals surface area (Å²) in [7, 11) is 0. The van der Waals surface area contributed by atoms with E-state index in [-0.39, 0.29) is 12.1 Å². The first kappa shape index (κ1) is 16.8. The standard InChI is InChI=1S/C16H24N6OS/c1-11(2)22-14(5-6-17-22)19-15(23)20-7-9-21(10-8-20)16-18-12(3)13(4)24-16/h5-6,11H,7-10H2,1-4H3,(H,19,23). The fourth-order valence-corrected chi connectivity index (χ4v) is 3.67. The molecule has 24 heavy (non-hydrogen) atoms. The highest BCUT2D eigenvalue weighted by atomic mass is 32.1. The Bertz CT molecular complexity index is 694. The van der Waals surface area contributed by atoms with Crippen LogP contribution >= 0.6 is 11.3 Å². The highest BCUT2D eigenvalue weighted by Crippen LogP contribution is 2.26. The van der Waals surface area contributed by atoms with Crippen LogP contribution in [0.3, 0.4) is 0 Å². The third-order valence-corrected chi connectivity index (χ3v) is 5.38. The van der Waals surface area contributed by atoms with Crippen molar-refractivity contribution < 1.29 is 4.79 Å². The molecule has 0 unspecified atom stereocenters. The van der Waals surface area contributed by atoms with Gasteiger partial charge >= 0.3 is 6.03 Å². The molecule has 0 aliphatic carbocycles. The number of aryl methyl sites for hydroxylation is 2. The van der Waals surface area contributed by atoms with E-state index >= 15 is 0 Å². The first-order valence-corrected chi connectivity index (χ1v) is 9.05. The van der Waals surface area contributed by atoms with Crippen LogP contribution in [0.5, 0.6) is 0 Å². The lowest BCUT2D eigenvalue weighted by Crippen LogP contribution is -2.50. The van der Waals surface area contributed by atoms with Gasteiger partial charge in [-0.2, -0.15) is 5.10 Å². The predicted octanol–water partition coefficient (Wildman–Crippen LogP) is 2.89. The van der Waals surface area contributed by atoms with Crippen molar-refractivity contribution in [2.45, 2.75) is 33.7 Å². The molecule has 1 aliphatic heterocycles. The van der Waals surface area contributed by atoms with Crippen LogP contribution in [-0.4, -0.2) is 51.9 Å². The Balaban J connectivity index is 1.58. The number of piperazine rings is 1. The minimum atomic E-state index is -0.0662. The molecule has 3 rings (SSSR count). The van der Waals surface area contributed by atoms with Crippen molar-refractivity contribution in [2.75, 3.05) is 36.4 Å². The maximum Gasteiger partial charge on any atom is 0.323 e. The summed E-state index contributed by atoms with van der Waals surface area (Å²) in [6, 6.07) is 1.97. The van der Waals surface area contributed by atoms with Gasteiger partial charge in [-0.3, -0.25) is 5.32 Å². The van der Waals surface area contributed by atoms with Crippen molar-refractivity contribution >= 4 is 28.3 Å². The maximum absolute atomic E-state index is 12.5. The zero-order chi connectivity index (χ0) is 17.3. The number of amides is 2. The molecule has 2 amide bonds. The highest BCUT2D eigenvalue weighted by molar-refractivity contribution is 7.15. The van der Waals surface area contributed by atoms with Gasteiger partial charge in [0, 0.05) is 43.2 Å². The largest absolute Gasteiger partial charge is 0.345 e. The van der Waals surface area contributed by atoms with Crippen molar-refractivity contribution in [3.63, 3.8) is 0 Å². The number of aromatic nitrogens is 3. The van der Waals surface area contributed by atoms with Gasteiger partial charge in [-0.1, -0.05) is 0 Å². The minimum Gasteiger partial charge on any atom is -0.345 e. The minimum absolute atomic E-state index is 0.0662. The summed E-state index contributed by atoms with van der Waals surface area (Å²) in [5, 5.41) is 8.27. The Labute approximate surface area is 146 Å². The van der Waals surface area contributed by atoms with E-state index in [1.54, 1.807) is 17.5 Å². The van der Waals surface area contributed by atoms with Crippen LogP contribution in [0.4, 0.5) is 15.7 Å². The number of carbonyl (C=O) groups is 1. The van der Waals surface area contributed by atoms with Crippen molar-refractivity contribution in [1.82, 2.24) is 19.7 Å². The molecular weight excluding hydrogens is 324 g/mol. The number of thiazole rings is 1. The van der Waals surface area contributed by atoms with Crippen LogP contribution in [0.2, 0.25) is 0 Å². The molecule has 1 aliphatic rings. The van der Waals surface area contributed by atoms with E-state index in [9.17, 15) is 4.79 Å². The Kier molecular flexibility index (Phi) is 4.75. The van der Waals surface area contributed by atoms with Crippen molar-refractivity contribution in [1.29, 1.82) is 0 Å². The Morgan fingerprint density at radius 3 is 2.54 bits per heavy atom. The number of nitrogens with one attached hydrogen (secondary N) is 1. The van der Waals surface area contributed by atoms with Crippen LogP contribution in [0.25, 0.3) is 0 Å².